The lowest BCUT2D eigenvalue weighted by Crippen LogP contribution is -2.05. The van der Waals surface area contributed by atoms with Crippen LogP contribution in [0.25, 0.3) is 22.5 Å². The summed E-state index contributed by atoms with van der Waals surface area (Å²) in [6, 6.07) is 18.2. The highest BCUT2D eigenvalue weighted by Crippen LogP contribution is 2.39. The minimum absolute atomic E-state index is 0.0308. The van der Waals surface area contributed by atoms with Gasteiger partial charge in [-0.25, -0.2) is 4.98 Å². The highest BCUT2D eigenvalue weighted by Gasteiger charge is 2.31. The molecule has 0 saturated heterocycles. The number of benzene rings is 3. The van der Waals surface area contributed by atoms with Gasteiger partial charge in [0, 0.05) is 21.7 Å². The number of anilines is 1. The number of imidazole rings is 1. The first-order valence-electron chi connectivity index (χ1n) is 9.82. The molecule has 3 N–H and O–H groups in total. The Labute approximate surface area is 192 Å². The van der Waals surface area contributed by atoms with Crippen LogP contribution in [0.2, 0.25) is 0 Å². The molecule has 1 aromatic heterocycles. The van der Waals surface area contributed by atoms with E-state index in [4.69, 9.17) is 20.2 Å². The van der Waals surface area contributed by atoms with Crippen molar-refractivity contribution in [3.8, 4) is 34.0 Å². The fraction of sp³-hybridized carbons (Fsp3) is 0.125. The van der Waals surface area contributed by atoms with Crippen molar-refractivity contribution in [1.29, 1.82) is 0 Å². The van der Waals surface area contributed by atoms with Gasteiger partial charge in [0.25, 0.3) is 0 Å². The van der Waals surface area contributed by atoms with Gasteiger partial charge in [-0.1, -0.05) is 0 Å². The van der Waals surface area contributed by atoms with E-state index >= 15 is 0 Å². The summed E-state index contributed by atoms with van der Waals surface area (Å²) in [6.07, 6.45) is -4.45. The van der Waals surface area contributed by atoms with Crippen LogP contribution in [0.4, 0.5) is 18.9 Å². The number of methoxy groups -OCH3 is 2. The molecule has 0 saturated carbocycles. The molecule has 0 aliphatic rings. The molecule has 0 atom stereocenters. The Morgan fingerprint density at radius 3 is 1.94 bits per heavy atom. The minimum Gasteiger partial charge on any atom is -0.497 e. The number of H-pyrrole nitrogens is 1. The SMILES string of the molecule is COc1ccc(-c2nc(Sc3ccc(C(F)(F)F)cc3N)[nH]c2-c2ccc(OC)cc2)cc1. The van der Waals surface area contributed by atoms with E-state index < -0.39 is 11.7 Å². The van der Waals surface area contributed by atoms with E-state index in [1.165, 1.54) is 6.07 Å². The summed E-state index contributed by atoms with van der Waals surface area (Å²) in [7, 11) is 3.19. The van der Waals surface area contributed by atoms with Gasteiger partial charge in [0.1, 0.15) is 11.5 Å². The summed E-state index contributed by atoms with van der Waals surface area (Å²) in [5, 5.41) is 0.498. The Morgan fingerprint density at radius 2 is 1.42 bits per heavy atom. The lowest BCUT2D eigenvalue weighted by molar-refractivity contribution is -0.137. The quantitative estimate of drug-likeness (QED) is 0.314. The Hall–Kier alpha value is -3.59. The highest BCUT2D eigenvalue weighted by atomic mass is 32.2. The number of rotatable bonds is 6. The van der Waals surface area contributed by atoms with E-state index in [2.05, 4.69) is 4.98 Å². The van der Waals surface area contributed by atoms with Crippen molar-refractivity contribution in [1.82, 2.24) is 9.97 Å². The van der Waals surface area contributed by atoms with E-state index in [0.717, 1.165) is 46.5 Å². The molecule has 4 aromatic rings. The van der Waals surface area contributed by atoms with Crippen LogP contribution in [-0.2, 0) is 6.18 Å². The highest BCUT2D eigenvalue weighted by molar-refractivity contribution is 7.99. The molecular formula is C24H20F3N3O2S. The van der Waals surface area contributed by atoms with Crippen LogP contribution in [0.3, 0.4) is 0 Å². The molecule has 0 unspecified atom stereocenters. The zero-order valence-corrected chi connectivity index (χ0v) is 18.6. The summed E-state index contributed by atoms with van der Waals surface area (Å²) in [5.74, 6) is 1.43. The molecule has 170 valence electrons. The Balaban J connectivity index is 1.74. The van der Waals surface area contributed by atoms with Crippen molar-refractivity contribution in [3.05, 3.63) is 72.3 Å². The minimum atomic E-state index is -4.45. The van der Waals surface area contributed by atoms with E-state index in [1.54, 1.807) is 14.2 Å². The number of hydrogen-bond donors (Lipinski definition) is 2. The van der Waals surface area contributed by atoms with Gasteiger partial charge in [0.2, 0.25) is 0 Å². The molecule has 0 fully saturated rings. The maximum absolute atomic E-state index is 13.0. The molecule has 9 heteroatoms. The third kappa shape index (κ3) is 4.93. The topological polar surface area (TPSA) is 73.2 Å². The molecule has 0 aliphatic carbocycles. The third-order valence-electron chi connectivity index (χ3n) is 4.97. The molecule has 3 aromatic carbocycles. The average molecular weight is 472 g/mol. The number of nitrogens with one attached hydrogen (secondary N) is 1. The molecule has 0 spiro atoms. The normalized spacial score (nSPS) is 11.4. The number of nitrogen functional groups attached to an aromatic ring is 1. The van der Waals surface area contributed by atoms with Crippen LogP contribution in [0, 0.1) is 0 Å². The molecule has 0 radical (unpaired) electrons. The molecule has 33 heavy (non-hydrogen) atoms. The van der Waals surface area contributed by atoms with Crippen molar-refractivity contribution < 1.29 is 22.6 Å². The summed E-state index contributed by atoms with van der Waals surface area (Å²) in [6.45, 7) is 0. The van der Waals surface area contributed by atoms with Gasteiger partial charge in [-0.15, -0.1) is 0 Å². The van der Waals surface area contributed by atoms with Crippen molar-refractivity contribution in [3.63, 3.8) is 0 Å². The number of aromatic nitrogens is 2. The maximum Gasteiger partial charge on any atom is 0.416 e. The van der Waals surface area contributed by atoms with Gasteiger partial charge in [0.05, 0.1) is 31.2 Å². The number of hydrogen-bond acceptors (Lipinski definition) is 5. The van der Waals surface area contributed by atoms with E-state index in [0.29, 0.717) is 21.5 Å². The largest absolute Gasteiger partial charge is 0.497 e. The number of alkyl halides is 3. The third-order valence-corrected chi connectivity index (χ3v) is 5.95. The molecule has 5 nitrogen and oxygen atoms in total. The van der Waals surface area contributed by atoms with Gasteiger partial charge in [0.15, 0.2) is 5.16 Å². The second kappa shape index (κ2) is 9.11. The number of halogens is 3. The van der Waals surface area contributed by atoms with Crippen molar-refractivity contribution in [2.24, 2.45) is 0 Å². The van der Waals surface area contributed by atoms with Crippen LogP contribution in [0.5, 0.6) is 11.5 Å². The Morgan fingerprint density at radius 1 is 0.848 bits per heavy atom. The predicted molar refractivity (Wildman–Crippen MR) is 123 cm³/mol. The van der Waals surface area contributed by atoms with Crippen LogP contribution >= 0.6 is 11.8 Å². The molecule has 4 rings (SSSR count). The molecule has 0 aliphatic heterocycles. The monoisotopic (exact) mass is 471 g/mol. The van der Waals surface area contributed by atoms with Crippen molar-refractivity contribution >= 4 is 17.4 Å². The first kappa shape index (κ1) is 22.6. The first-order chi connectivity index (χ1) is 15.8. The standard InChI is InChI=1S/C24H20F3N3O2S/c1-31-17-8-3-14(4-9-17)21-22(15-5-10-18(32-2)11-6-15)30-23(29-21)33-20-12-7-16(13-19(20)28)24(25,26)27/h3-13H,28H2,1-2H3,(H,29,30). The van der Waals surface area contributed by atoms with Crippen molar-refractivity contribution in [2.45, 2.75) is 16.2 Å². The molecule has 1 heterocycles. The molecule has 0 bridgehead atoms. The zero-order chi connectivity index (χ0) is 23.6. The average Bonchev–Trinajstić information content (AvgIpc) is 3.23. The van der Waals surface area contributed by atoms with E-state index in [-0.39, 0.29) is 5.69 Å². The Bertz CT molecular complexity index is 1190. The zero-order valence-electron chi connectivity index (χ0n) is 17.7. The fourth-order valence-corrected chi connectivity index (χ4v) is 4.06. The summed E-state index contributed by atoms with van der Waals surface area (Å²) >= 11 is 1.16. The van der Waals surface area contributed by atoms with Crippen LogP contribution in [0.1, 0.15) is 5.56 Å². The number of ether oxygens (including phenoxy) is 2. The van der Waals surface area contributed by atoms with E-state index in [1.807, 2.05) is 48.5 Å². The van der Waals surface area contributed by atoms with Crippen LogP contribution in [-0.4, -0.2) is 24.2 Å². The smallest absolute Gasteiger partial charge is 0.416 e. The lowest BCUT2D eigenvalue weighted by atomic mass is 10.0. The first-order valence-corrected chi connectivity index (χ1v) is 10.6. The second-order valence-electron chi connectivity index (χ2n) is 7.07. The predicted octanol–water partition coefficient (Wildman–Crippen LogP) is 6.51. The van der Waals surface area contributed by atoms with E-state index in [9.17, 15) is 13.2 Å². The van der Waals surface area contributed by atoms with Gasteiger partial charge < -0.3 is 20.2 Å². The maximum atomic E-state index is 13.0. The molecular weight excluding hydrogens is 451 g/mol. The summed E-state index contributed by atoms with van der Waals surface area (Å²) in [4.78, 5) is 8.48. The Kier molecular flexibility index (Phi) is 6.24. The number of nitrogens with two attached hydrogens (primary N) is 1. The lowest BCUT2D eigenvalue weighted by Gasteiger charge is -2.09. The van der Waals surface area contributed by atoms with Crippen molar-refractivity contribution in [2.75, 3.05) is 20.0 Å². The number of aromatic amines is 1. The van der Waals surface area contributed by atoms with Crippen LogP contribution < -0.4 is 15.2 Å². The summed E-state index contributed by atoms with van der Waals surface area (Å²) < 4.78 is 49.4. The fourth-order valence-electron chi connectivity index (χ4n) is 3.25. The van der Waals surface area contributed by atoms with Gasteiger partial charge in [-0.2, -0.15) is 13.2 Å². The van der Waals surface area contributed by atoms with Gasteiger partial charge in [-0.05, 0) is 78.5 Å². The molecule has 0 amide bonds. The van der Waals surface area contributed by atoms with Gasteiger partial charge >= 0.3 is 6.18 Å². The number of nitrogens with zero attached hydrogens (tertiary/aromatic N) is 1. The van der Waals surface area contributed by atoms with Crippen LogP contribution in [0.15, 0.2) is 76.8 Å². The second-order valence-corrected chi connectivity index (χ2v) is 8.11. The van der Waals surface area contributed by atoms with Gasteiger partial charge in [-0.3, -0.25) is 0 Å². The summed E-state index contributed by atoms with van der Waals surface area (Å²) in [5.41, 5.74) is 8.33.